The first-order chi connectivity index (χ1) is 12.2. The van der Waals surface area contributed by atoms with E-state index in [1.54, 1.807) is 36.6 Å². The number of nitrogens with zero attached hydrogens (tertiary/aromatic N) is 2. The third-order valence-electron chi connectivity index (χ3n) is 3.66. The summed E-state index contributed by atoms with van der Waals surface area (Å²) in [5, 5.41) is 9.38. The van der Waals surface area contributed by atoms with Crippen molar-refractivity contribution in [3.05, 3.63) is 71.3 Å². The Labute approximate surface area is 150 Å². The molecule has 25 heavy (non-hydrogen) atoms. The van der Waals surface area contributed by atoms with Gasteiger partial charge >= 0.3 is 0 Å². The van der Waals surface area contributed by atoms with Crippen molar-refractivity contribution in [1.82, 2.24) is 4.90 Å². The topological polar surface area (TPSA) is 70.4 Å². The number of furan rings is 2. The molecular weight excluding hydrogens is 340 g/mol. The quantitative estimate of drug-likeness (QED) is 0.640. The average Bonchev–Trinajstić information content (AvgIpc) is 3.30. The third kappa shape index (κ3) is 3.93. The van der Waals surface area contributed by atoms with Gasteiger partial charge in [-0.3, -0.25) is 4.79 Å². The van der Waals surface area contributed by atoms with Gasteiger partial charge in [-0.2, -0.15) is 5.26 Å². The molecule has 2 aromatic heterocycles. The molecule has 126 valence electrons. The van der Waals surface area contributed by atoms with Crippen LogP contribution in [-0.4, -0.2) is 17.4 Å². The number of carbonyl (C=O) groups is 1. The smallest absolute Gasteiger partial charge is 0.290 e. The lowest BCUT2D eigenvalue weighted by atomic mass is 10.2. The monoisotopic (exact) mass is 354 g/mol. The van der Waals surface area contributed by atoms with Gasteiger partial charge in [0.15, 0.2) is 5.76 Å². The Bertz CT molecular complexity index is 894. The Hall–Kier alpha value is -2.97. The molecule has 0 saturated heterocycles. The molecule has 3 rings (SSSR count). The van der Waals surface area contributed by atoms with Gasteiger partial charge in [-0.15, -0.1) is 0 Å². The fourth-order valence-electron chi connectivity index (χ4n) is 2.44. The molecule has 0 unspecified atom stereocenters. The molecule has 1 amide bonds. The van der Waals surface area contributed by atoms with Gasteiger partial charge in [-0.25, -0.2) is 0 Å². The van der Waals surface area contributed by atoms with E-state index in [1.165, 1.54) is 4.90 Å². The summed E-state index contributed by atoms with van der Waals surface area (Å²) < 4.78 is 11.0. The van der Waals surface area contributed by atoms with Crippen LogP contribution in [0.5, 0.6) is 0 Å². The first-order valence-corrected chi connectivity index (χ1v) is 8.10. The van der Waals surface area contributed by atoms with E-state index in [9.17, 15) is 4.79 Å². The van der Waals surface area contributed by atoms with E-state index in [0.29, 0.717) is 16.5 Å². The van der Waals surface area contributed by atoms with E-state index in [0.717, 1.165) is 5.56 Å². The van der Waals surface area contributed by atoms with E-state index in [-0.39, 0.29) is 31.2 Å². The molecule has 0 aliphatic rings. The van der Waals surface area contributed by atoms with Crippen molar-refractivity contribution in [1.29, 1.82) is 5.26 Å². The zero-order valence-corrected chi connectivity index (χ0v) is 14.1. The Morgan fingerprint density at radius 1 is 1.16 bits per heavy atom. The van der Waals surface area contributed by atoms with Crippen molar-refractivity contribution < 1.29 is 13.6 Å². The third-order valence-corrected chi connectivity index (χ3v) is 3.99. The minimum Gasteiger partial charge on any atom is -0.467 e. The summed E-state index contributed by atoms with van der Waals surface area (Å²) in [6, 6.07) is 16.2. The number of halogens is 1. The Kier molecular flexibility index (Phi) is 5.22. The molecule has 5 nitrogen and oxygen atoms in total. The van der Waals surface area contributed by atoms with Crippen molar-refractivity contribution in [2.75, 3.05) is 6.54 Å². The van der Waals surface area contributed by atoms with Gasteiger partial charge in [-0.05, 0) is 36.4 Å². The largest absolute Gasteiger partial charge is 0.467 e. The second-order valence-electron chi connectivity index (χ2n) is 5.36. The molecular formula is C19H15ClN2O3. The number of hydrogen-bond acceptors (Lipinski definition) is 4. The summed E-state index contributed by atoms with van der Waals surface area (Å²) >= 11 is 6.17. The minimum atomic E-state index is -0.301. The van der Waals surface area contributed by atoms with Crippen LogP contribution in [0.25, 0.3) is 11.3 Å². The number of carbonyl (C=O) groups excluding carboxylic acids is 1. The molecule has 2 heterocycles. The maximum absolute atomic E-state index is 12.8. The van der Waals surface area contributed by atoms with E-state index in [1.807, 2.05) is 18.2 Å². The molecule has 0 saturated carbocycles. The van der Waals surface area contributed by atoms with Crippen LogP contribution in [0.3, 0.4) is 0 Å². The van der Waals surface area contributed by atoms with Crippen molar-refractivity contribution in [2.45, 2.75) is 13.0 Å². The van der Waals surface area contributed by atoms with Crippen LogP contribution in [0.4, 0.5) is 0 Å². The highest BCUT2D eigenvalue weighted by molar-refractivity contribution is 6.33. The zero-order chi connectivity index (χ0) is 17.6. The first kappa shape index (κ1) is 16.9. The second-order valence-corrected chi connectivity index (χ2v) is 5.77. The highest BCUT2D eigenvalue weighted by atomic mass is 35.5. The highest BCUT2D eigenvalue weighted by Crippen LogP contribution is 2.29. The summed E-state index contributed by atoms with van der Waals surface area (Å²) in [4.78, 5) is 14.3. The molecule has 0 fully saturated rings. The van der Waals surface area contributed by atoms with Crippen LogP contribution in [0.2, 0.25) is 5.02 Å². The van der Waals surface area contributed by atoms with Crippen molar-refractivity contribution >= 4 is 17.5 Å². The molecule has 0 aliphatic heterocycles. The molecule has 3 aromatic rings. The van der Waals surface area contributed by atoms with Crippen LogP contribution in [0.15, 0.2) is 63.6 Å². The maximum atomic E-state index is 12.8. The van der Waals surface area contributed by atoms with Crippen molar-refractivity contribution in [2.24, 2.45) is 0 Å². The summed E-state index contributed by atoms with van der Waals surface area (Å²) in [6.07, 6.45) is 1.77. The summed E-state index contributed by atoms with van der Waals surface area (Å²) in [5.41, 5.74) is 0.720. The fourth-order valence-corrected chi connectivity index (χ4v) is 2.67. The maximum Gasteiger partial charge on any atom is 0.290 e. The van der Waals surface area contributed by atoms with Crippen LogP contribution in [-0.2, 0) is 6.54 Å². The van der Waals surface area contributed by atoms with E-state index >= 15 is 0 Å². The number of amides is 1. The molecule has 0 aliphatic carbocycles. The summed E-state index contributed by atoms with van der Waals surface area (Å²) in [6.45, 7) is 0.563. The summed E-state index contributed by atoms with van der Waals surface area (Å²) in [7, 11) is 0. The molecule has 0 radical (unpaired) electrons. The van der Waals surface area contributed by atoms with Crippen molar-refractivity contribution in [3.8, 4) is 17.4 Å². The van der Waals surface area contributed by atoms with Gasteiger partial charge in [0.2, 0.25) is 0 Å². The Morgan fingerprint density at radius 3 is 2.72 bits per heavy atom. The van der Waals surface area contributed by atoms with Gasteiger partial charge in [-0.1, -0.05) is 23.7 Å². The zero-order valence-electron chi connectivity index (χ0n) is 13.3. The van der Waals surface area contributed by atoms with E-state index in [4.69, 9.17) is 25.7 Å². The molecule has 1 aromatic carbocycles. The summed E-state index contributed by atoms with van der Waals surface area (Å²) in [5.74, 6) is 1.06. The fraction of sp³-hybridized carbons (Fsp3) is 0.158. The van der Waals surface area contributed by atoms with Crippen LogP contribution >= 0.6 is 11.6 Å². The predicted octanol–water partition coefficient (Wildman–Crippen LogP) is 4.75. The molecule has 0 N–H and O–H groups in total. The second kappa shape index (κ2) is 7.73. The van der Waals surface area contributed by atoms with E-state index in [2.05, 4.69) is 6.07 Å². The number of rotatable bonds is 6. The lowest BCUT2D eigenvalue weighted by molar-refractivity contribution is 0.0704. The standard InChI is InChI=1S/C19H15ClN2O3/c20-16-7-2-1-6-15(16)17-8-9-18(25-17)19(23)22(11-4-10-21)13-14-5-3-12-24-14/h1-3,5-9,12H,4,11,13H2. The minimum absolute atomic E-state index is 0.194. The van der Waals surface area contributed by atoms with Crippen molar-refractivity contribution in [3.63, 3.8) is 0 Å². The van der Waals surface area contributed by atoms with Crippen LogP contribution in [0, 0.1) is 11.3 Å². The predicted molar refractivity (Wildman–Crippen MR) is 92.8 cm³/mol. The number of nitriles is 1. The Morgan fingerprint density at radius 2 is 2.00 bits per heavy atom. The number of benzene rings is 1. The van der Waals surface area contributed by atoms with Gasteiger partial charge in [0, 0.05) is 12.1 Å². The van der Waals surface area contributed by atoms with Crippen LogP contribution in [0.1, 0.15) is 22.7 Å². The lowest BCUT2D eigenvalue weighted by Crippen LogP contribution is -2.31. The SMILES string of the molecule is N#CCCN(Cc1ccco1)C(=O)c1ccc(-c2ccccc2Cl)o1. The van der Waals surface area contributed by atoms with Crippen LogP contribution < -0.4 is 0 Å². The van der Waals surface area contributed by atoms with Gasteiger partial charge in [0.05, 0.1) is 30.3 Å². The first-order valence-electron chi connectivity index (χ1n) is 7.72. The van der Waals surface area contributed by atoms with Gasteiger partial charge in [0.1, 0.15) is 11.5 Å². The number of hydrogen-bond donors (Lipinski definition) is 0. The van der Waals surface area contributed by atoms with E-state index < -0.39 is 0 Å². The molecule has 0 atom stereocenters. The molecule has 0 bridgehead atoms. The Balaban J connectivity index is 1.82. The average molecular weight is 355 g/mol. The van der Waals surface area contributed by atoms with Gasteiger partial charge in [0.25, 0.3) is 5.91 Å². The van der Waals surface area contributed by atoms with Gasteiger partial charge < -0.3 is 13.7 Å². The highest BCUT2D eigenvalue weighted by Gasteiger charge is 2.21. The molecule has 0 spiro atoms. The lowest BCUT2D eigenvalue weighted by Gasteiger charge is -2.19. The normalized spacial score (nSPS) is 10.4. The molecule has 6 heteroatoms.